The Morgan fingerprint density at radius 3 is 2.69 bits per heavy atom. The Bertz CT molecular complexity index is 724. The Labute approximate surface area is 153 Å². The van der Waals surface area contributed by atoms with Gasteiger partial charge in [-0.15, -0.1) is 0 Å². The predicted molar refractivity (Wildman–Crippen MR) is 95.0 cm³/mol. The van der Waals surface area contributed by atoms with Crippen LogP contribution in [0.15, 0.2) is 23.8 Å². The number of rotatable bonds is 2. The molecule has 5 heteroatoms. The molecule has 0 aromatic carbocycles. The average Bonchev–Trinajstić information content (AvgIpc) is 2.86. The Morgan fingerprint density at radius 1 is 1.27 bits per heavy atom. The van der Waals surface area contributed by atoms with Crippen molar-refractivity contribution in [2.75, 3.05) is 6.61 Å². The van der Waals surface area contributed by atoms with Gasteiger partial charge in [-0.25, -0.2) is 0 Å². The molecule has 3 saturated carbocycles. The van der Waals surface area contributed by atoms with Crippen molar-refractivity contribution in [3.8, 4) is 0 Å². The predicted octanol–water partition coefficient (Wildman–Crippen LogP) is 1.56. The summed E-state index contributed by atoms with van der Waals surface area (Å²) < 4.78 is 0. The molecular formula is C21H28O5. The van der Waals surface area contributed by atoms with E-state index in [9.17, 15) is 24.9 Å². The lowest BCUT2D eigenvalue weighted by Gasteiger charge is -2.57. The number of carbonyl (C=O) groups is 2. The lowest BCUT2D eigenvalue weighted by molar-refractivity contribution is -0.186. The largest absolute Gasteiger partial charge is 0.394 e. The number of fused-ring (bicyclic) bond motifs is 5. The van der Waals surface area contributed by atoms with Crippen molar-refractivity contribution in [3.63, 3.8) is 0 Å². The van der Waals surface area contributed by atoms with Gasteiger partial charge in [0.1, 0.15) is 11.9 Å². The minimum Gasteiger partial charge on any atom is -0.394 e. The van der Waals surface area contributed by atoms with E-state index in [1.165, 1.54) is 0 Å². The number of aliphatic hydroxyl groups is 3. The van der Waals surface area contributed by atoms with Crippen LogP contribution in [0.5, 0.6) is 0 Å². The number of hydrogen-bond donors (Lipinski definition) is 3. The van der Waals surface area contributed by atoms with Crippen molar-refractivity contribution < 1.29 is 24.9 Å². The number of ketones is 2. The third-order valence-corrected chi connectivity index (χ3v) is 8.20. The van der Waals surface area contributed by atoms with Crippen LogP contribution in [0.1, 0.15) is 46.0 Å². The zero-order valence-electron chi connectivity index (χ0n) is 15.4. The first-order valence-corrected chi connectivity index (χ1v) is 9.65. The zero-order chi connectivity index (χ0) is 18.9. The molecule has 3 N–H and O–H groups in total. The molecule has 3 fully saturated rings. The Balaban J connectivity index is 1.75. The minimum absolute atomic E-state index is 0.00895. The summed E-state index contributed by atoms with van der Waals surface area (Å²) in [6, 6.07) is 0. The van der Waals surface area contributed by atoms with Crippen LogP contribution in [0.4, 0.5) is 0 Å². The fourth-order valence-corrected chi connectivity index (χ4v) is 6.76. The molecule has 0 aromatic heterocycles. The van der Waals surface area contributed by atoms with E-state index in [1.807, 2.05) is 13.0 Å². The molecule has 7 atom stereocenters. The summed E-state index contributed by atoms with van der Waals surface area (Å²) in [5.41, 5.74) is -1.53. The number of aliphatic hydroxyl groups excluding tert-OH is 2. The van der Waals surface area contributed by atoms with Gasteiger partial charge in [0, 0.05) is 23.2 Å². The molecule has 5 nitrogen and oxygen atoms in total. The second-order valence-corrected chi connectivity index (χ2v) is 9.20. The molecular weight excluding hydrogens is 332 g/mol. The second-order valence-electron chi connectivity index (χ2n) is 9.20. The Kier molecular flexibility index (Phi) is 3.89. The summed E-state index contributed by atoms with van der Waals surface area (Å²) >= 11 is 0. The highest BCUT2D eigenvalue weighted by Crippen LogP contribution is 2.66. The summed E-state index contributed by atoms with van der Waals surface area (Å²) in [5.74, 6) is 0.164. The normalized spacial score (nSPS) is 48.5. The molecule has 0 saturated heterocycles. The molecule has 0 aliphatic heterocycles. The fourth-order valence-electron chi connectivity index (χ4n) is 6.76. The first kappa shape index (κ1) is 18.1. The maximum absolute atomic E-state index is 13.3. The van der Waals surface area contributed by atoms with Gasteiger partial charge in [-0.3, -0.25) is 9.59 Å². The molecule has 4 aliphatic carbocycles. The SMILES string of the molecule is C[C@]12C=CC(=O)C=C1CC[C@@H]1[C@H]2C(=O)C[C@@]2(C)[C@@H]1CC[C@@]2(O)[C@@H](O)CO. The van der Waals surface area contributed by atoms with Crippen LogP contribution in [-0.2, 0) is 9.59 Å². The summed E-state index contributed by atoms with van der Waals surface area (Å²) in [4.78, 5) is 25.1. The Hall–Kier alpha value is -1.30. The summed E-state index contributed by atoms with van der Waals surface area (Å²) in [5, 5.41) is 31.0. The van der Waals surface area contributed by atoms with E-state index in [1.54, 1.807) is 12.2 Å². The van der Waals surface area contributed by atoms with Crippen molar-refractivity contribution >= 4 is 11.6 Å². The molecule has 0 spiro atoms. The van der Waals surface area contributed by atoms with Gasteiger partial charge < -0.3 is 15.3 Å². The first-order chi connectivity index (χ1) is 12.2. The third-order valence-electron chi connectivity index (χ3n) is 8.20. The van der Waals surface area contributed by atoms with E-state index >= 15 is 0 Å². The van der Waals surface area contributed by atoms with Gasteiger partial charge >= 0.3 is 0 Å². The van der Waals surface area contributed by atoms with Crippen molar-refractivity contribution in [1.82, 2.24) is 0 Å². The summed E-state index contributed by atoms with van der Waals surface area (Å²) in [7, 11) is 0. The number of Topliss-reactive ketones (excluding diaryl/α,β-unsaturated/α-hetero) is 1. The highest BCUT2D eigenvalue weighted by Gasteiger charge is 2.67. The monoisotopic (exact) mass is 360 g/mol. The van der Waals surface area contributed by atoms with Crippen molar-refractivity contribution in [3.05, 3.63) is 23.8 Å². The molecule has 0 aromatic rings. The molecule has 26 heavy (non-hydrogen) atoms. The zero-order valence-corrected chi connectivity index (χ0v) is 15.4. The quantitative estimate of drug-likeness (QED) is 0.695. The second kappa shape index (κ2) is 5.60. The number of hydrogen-bond acceptors (Lipinski definition) is 5. The molecule has 0 radical (unpaired) electrons. The number of allylic oxidation sites excluding steroid dienone is 4. The first-order valence-electron chi connectivity index (χ1n) is 9.65. The van der Waals surface area contributed by atoms with Gasteiger partial charge in [0.05, 0.1) is 12.2 Å². The van der Waals surface area contributed by atoms with Gasteiger partial charge in [-0.2, -0.15) is 0 Å². The maximum atomic E-state index is 13.3. The smallest absolute Gasteiger partial charge is 0.178 e. The van der Waals surface area contributed by atoms with Gasteiger partial charge in [0.15, 0.2) is 5.78 Å². The van der Waals surface area contributed by atoms with Gasteiger partial charge in [-0.05, 0) is 49.7 Å². The van der Waals surface area contributed by atoms with Crippen LogP contribution in [0.3, 0.4) is 0 Å². The van der Waals surface area contributed by atoms with Crippen LogP contribution in [0.25, 0.3) is 0 Å². The fraction of sp³-hybridized carbons (Fsp3) is 0.714. The Morgan fingerprint density at radius 2 is 2.00 bits per heavy atom. The molecule has 0 unspecified atom stereocenters. The van der Waals surface area contributed by atoms with Crippen LogP contribution in [0.2, 0.25) is 0 Å². The van der Waals surface area contributed by atoms with Crippen LogP contribution in [0, 0.1) is 28.6 Å². The summed E-state index contributed by atoms with van der Waals surface area (Å²) in [6.45, 7) is 3.46. The van der Waals surface area contributed by atoms with E-state index in [2.05, 4.69) is 6.92 Å². The van der Waals surface area contributed by atoms with Crippen LogP contribution < -0.4 is 0 Å². The van der Waals surface area contributed by atoms with E-state index in [0.29, 0.717) is 6.42 Å². The molecule has 0 heterocycles. The minimum atomic E-state index is -1.43. The van der Waals surface area contributed by atoms with Crippen molar-refractivity contribution in [2.45, 2.75) is 57.7 Å². The molecule has 4 aliphatic rings. The molecule has 0 bridgehead atoms. The van der Waals surface area contributed by atoms with Crippen molar-refractivity contribution in [2.24, 2.45) is 28.6 Å². The molecule has 0 amide bonds. The number of carbonyl (C=O) groups excluding carboxylic acids is 2. The standard InChI is InChI=1S/C21H28O5/c1-19-7-5-13(23)9-12(19)3-4-14-15-6-8-21(26,17(25)11-22)20(15,2)10-16(24)18(14)19/h5,7,9,14-15,17-18,22,25-26H,3-4,6,8,10-11H2,1-2H3/t14-,15+,17-,18-,19-,20-,21+/m0/s1. The molecule has 142 valence electrons. The van der Waals surface area contributed by atoms with E-state index in [-0.39, 0.29) is 35.7 Å². The highest BCUT2D eigenvalue weighted by molar-refractivity contribution is 6.01. The lowest BCUT2D eigenvalue weighted by atomic mass is 9.46. The third kappa shape index (κ3) is 2.08. The van der Waals surface area contributed by atoms with E-state index in [0.717, 1.165) is 24.8 Å². The van der Waals surface area contributed by atoms with Gasteiger partial charge in [0.2, 0.25) is 0 Å². The maximum Gasteiger partial charge on any atom is 0.178 e. The van der Waals surface area contributed by atoms with E-state index < -0.39 is 29.1 Å². The van der Waals surface area contributed by atoms with E-state index in [4.69, 9.17) is 0 Å². The lowest BCUT2D eigenvalue weighted by Crippen LogP contribution is -2.61. The average molecular weight is 360 g/mol. The topological polar surface area (TPSA) is 94.8 Å². The summed E-state index contributed by atoms with van der Waals surface area (Å²) in [6.07, 6.45) is 6.91. The van der Waals surface area contributed by atoms with Gasteiger partial charge in [-0.1, -0.05) is 25.5 Å². The van der Waals surface area contributed by atoms with Gasteiger partial charge in [0.25, 0.3) is 0 Å². The van der Waals surface area contributed by atoms with Crippen LogP contribution >= 0.6 is 0 Å². The highest BCUT2D eigenvalue weighted by atomic mass is 16.4. The van der Waals surface area contributed by atoms with Crippen molar-refractivity contribution in [1.29, 1.82) is 0 Å². The van der Waals surface area contributed by atoms with Crippen LogP contribution in [-0.4, -0.2) is 45.2 Å². The molecule has 4 rings (SSSR count).